The molecule has 0 unspecified atom stereocenters. The van der Waals surface area contributed by atoms with Gasteiger partial charge in [-0.15, -0.1) is 0 Å². The van der Waals surface area contributed by atoms with Crippen molar-refractivity contribution < 1.29 is 13.2 Å². The highest BCUT2D eigenvalue weighted by atomic mass is 35.5. The molecule has 1 aliphatic carbocycles. The van der Waals surface area contributed by atoms with Crippen molar-refractivity contribution in [3.8, 4) is 11.3 Å². The maximum Gasteiger partial charge on any atom is 0.236 e. The second-order valence-electron chi connectivity index (χ2n) is 9.09. The van der Waals surface area contributed by atoms with Crippen molar-refractivity contribution in [1.29, 1.82) is 0 Å². The first kappa shape index (κ1) is 24.4. The zero-order chi connectivity index (χ0) is 24.2. The number of amides is 1. The highest BCUT2D eigenvalue weighted by molar-refractivity contribution is 7.90. The van der Waals surface area contributed by atoms with E-state index in [9.17, 15) is 13.2 Å². The molecule has 1 N–H and O–H groups in total. The molecule has 0 radical (unpaired) electrons. The average Bonchev–Trinajstić information content (AvgIpc) is 2.83. The fraction of sp³-hybridized carbons (Fsp3) is 0.333. The van der Waals surface area contributed by atoms with Crippen LogP contribution in [0.25, 0.3) is 11.3 Å². The maximum atomic E-state index is 13.6. The Hall–Kier alpha value is -2.70. The Labute approximate surface area is 206 Å². The minimum absolute atomic E-state index is 0.0321. The monoisotopic (exact) mass is 496 g/mol. The number of rotatable bonds is 7. The fourth-order valence-corrected chi connectivity index (χ4v) is 5.35. The van der Waals surface area contributed by atoms with E-state index >= 15 is 0 Å². The molecule has 1 amide bonds. The molecular weight excluding hydrogens is 468 g/mol. The lowest BCUT2D eigenvalue weighted by Crippen LogP contribution is -2.42. The standard InChI is InChI=1S/C27H29ClN2O3S/c1-34(32,33)19-16-20-8-10-21(11-9-20)24-6-5-7-25(29-24)30-26(31)27(17-3-2-4-18-27)22-12-14-23(28)15-13-22/h5-15H,2-4,16-19H2,1H3,(H,29,30,31). The highest BCUT2D eigenvalue weighted by Crippen LogP contribution is 2.41. The number of sulfone groups is 1. The van der Waals surface area contributed by atoms with E-state index in [0.717, 1.165) is 54.5 Å². The summed E-state index contributed by atoms with van der Waals surface area (Å²) in [5, 5.41) is 3.73. The number of anilines is 1. The summed E-state index contributed by atoms with van der Waals surface area (Å²) in [6.45, 7) is 0. The third kappa shape index (κ3) is 5.86. The predicted molar refractivity (Wildman–Crippen MR) is 138 cm³/mol. The van der Waals surface area contributed by atoms with Crippen molar-refractivity contribution in [3.63, 3.8) is 0 Å². The molecule has 0 bridgehead atoms. The van der Waals surface area contributed by atoms with E-state index in [1.165, 1.54) is 6.26 Å². The zero-order valence-corrected chi connectivity index (χ0v) is 20.8. The topological polar surface area (TPSA) is 76.1 Å². The summed E-state index contributed by atoms with van der Waals surface area (Å²) in [6.07, 6.45) is 6.48. The molecule has 0 spiro atoms. The average molecular weight is 497 g/mol. The van der Waals surface area contributed by atoms with Gasteiger partial charge in [-0.3, -0.25) is 4.79 Å². The third-order valence-electron chi connectivity index (χ3n) is 6.54. The molecule has 4 rings (SSSR count). The number of hydrogen-bond acceptors (Lipinski definition) is 4. The highest BCUT2D eigenvalue weighted by Gasteiger charge is 2.41. The lowest BCUT2D eigenvalue weighted by molar-refractivity contribution is -0.122. The quantitative estimate of drug-likeness (QED) is 0.446. The Morgan fingerprint density at radius 1 is 0.971 bits per heavy atom. The van der Waals surface area contributed by atoms with E-state index in [0.29, 0.717) is 17.3 Å². The summed E-state index contributed by atoms with van der Waals surface area (Å²) in [4.78, 5) is 18.3. The van der Waals surface area contributed by atoms with E-state index in [-0.39, 0.29) is 11.7 Å². The molecule has 34 heavy (non-hydrogen) atoms. The van der Waals surface area contributed by atoms with Crippen LogP contribution in [0.2, 0.25) is 5.02 Å². The van der Waals surface area contributed by atoms with Crippen LogP contribution < -0.4 is 5.32 Å². The number of halogens is 1. The summed E-state index contributed by atoms with van der Waals surface area (Å²) >= 11 is 6.09. The number of hydrogen-bond donors (Lipinski definition) is 1. The van der Waals surface area contributed by atoms with Crippen LogP contribution in [0.5, 0.6) is 0 Å². The van der Waals surface area contributed by atoms with Gasteiger partial charge in [0, 0.05) is 16.8 Å². The molecule has 5 nitrogen and oxygen atoms in total. The Morgan fingerprint density at radius 3 is 2.29 bits per heavy atom. The minimum atomic E-state index is -3.00. The number of carbonyl (C=O) groups excluding carboxylic acids is 1. The first-order valence-electron chi connectivity index (χ1n) is 11.6. The lowest BCUT2D eigenvalue weighted by Gasteiger charge is -2.36. The summed E-state index contributed by atoms with van der Waals surface area (Å²) in [5.41, 5.74) is 3.03. The normalized spacial score (nSPS) is 15.6. The predicted octanol–water partition coefficient (Wildman–Crippen LogP) is 5.83. The van der Waals surface area contributed by atoms with Crippen LogP contribution in [-0.2, 0) is 26.5 Å². The molecule has 1 aliphatic rings. The summed E-state index contributed by atoms with van der Waals surface area (Å²) in [7, 11) is -3.00. The van der Waals surface area contributed by atoms with Gasteiger partial charge in [0.25, 0.3) is 0 Å². The molecule has 1 saturated carbocycles. The lowest BCUT2D eigenvalue weighted by atomic mass is 9.68. The Balaban J connectivity index is 1.53. The van der Waals surface area contributed by atoms with Crippen LogP contribution in [-0.4, -0.2) is 31.3 Å². The van der Waals surface area contributed by atoms with Gasteiger partial charge in [-0.2, -0.15) is 0 Å². The molecule has 7 heteroatoms. The van der Waals surface area contributed by atoms with E-state index < -0.39 is 15.3 Å². The number of aryl methyl sites for hydroxylation is 1. The van der Waals surface area contributed by atoms with Gasteiger partial charge in [0.05, 0.1) is 16.9 Å². The summed E-state index contributed by atoms with van der Waals surface area (Å²) in [6, 6.07) is 20.9. The van der Waals surface area contributed by atoms with Gasteiger partial charge < -0.3 is 5.32 Å². The van der Waals surface area contributed by atoms with Crippen LogP contribution >= 0.6 is 11.6 Å². The molecule has 1 fully saturated rings. The number of carbonyl (C=O) groups is 1. The van der Waals surface area contributed by atoms with E-state index in [4.69, 9.17) is 11.6 Å². The Kier molecular flexibility index (Phi) is 7.39. The van der Waals surface area contributed by atoms with Crippen LogP contribution in [0.4, 0.5) is 5.82 Å². The molecular formula is C27H29ClN2O3S. The zero-order valence-electron chi connectivity index (χ0n) is 19.3. The van der Waals surface area contributed by atoms with Gasteiger partial charge >= 0.3 is 0 Å². The maximum absolute atomic E-state index is 13.6. The first-order chi connectivity index (χ1) is 16.2. The van der Waals surface area contributed by atoms with Crippen molar-refractivity contribution >= 4 is 33.2 Å². The van der Waals surface area contributed by atoms with Gasteiger partial charge in [0.1, 0.15) is 15.7 Å². The minimum Gasteiger partial charge on any atom is -0.310 e. The second kappa shape index (κ2) is 10.3. The second-order valence-corrected chi connectivity index (χ2v) is 11.8. The van der Waals surface area contributed by atoms with Gasteiger partial charge in [-0.05, 0) is 54.7 Å². The van der Waals surface area contributed by atoms with Crippen molar-refractivity contribution in [1.82, 2.24) is 4.98 Å². The number of benzene rings is 2. The fourth-order valence-electron chi connectivity index (χ4n) is 4.62. The largest absolute Gasteiger partial charge is 0.310 e. The number of nitrogens with zero attached hydrogens (tertiary/aromatic N) is 1. The van der Waals surface area contributed by atoms with E-state index in [1.54, 1.807) is 6.07 Å². The van der Waals surface area contributed by atoms with Crippen LogP contribution in [0.15, 0.2) is 66.7 Å². The molecule has 0 aliphatic heterocycles. The Bertz CT molecular complexity index is 1250. The molecule has 2 aromatic carbocycles. The van der Waals surface area contributed by atoms with Crippen molar-refractivity contribution in [2.24, 2.45) is 0 Å². The third-order valence-corrected chi connectivity index (χ3v) is 7.74. The van der Waals surface area contributed by atoms with Gasteiger partial charge in [0.2, 0.25) is 5.91 Å². The van der Waals surface area contributed by atoms with Crippen LogP contribution in [0, 0.1) is 0 Å². The smallest absolute Gasteiger partial charge is 0.236 e. The van der Waals surface area contributed by atoms with Crippen LogP contribution in [0.1, 0.15) is 43.2 Å². The molecule has 1 aromatic heterocycles. The molecule has 1 heterocycles. The SMILES string of the molecule is CS(=O)(=O)CCc1ccc(-c2cccc(NC(=O)C3(c4ccc(Cl)cc4)CCCCC3)n2)cc1. The molecule has 3 aromatic rings. The Morgan fingerprint density at radius 2 is 1.65 bits per heavy atom. The number of aromatic nitrogens is 1. The molecule has 0 saturated heterocycles. The van der Waals surface area contributed by atoms with Crippen molar-refractivity contribution in [2.75, 3.05) is 17.3 Å². The summed E-state index contributed by atoms with van der Waals surface area (Å²) < 4.78 is 22.8. The van der Waals surface area contributed by atoms with Crippen molar-refractivity contribution in [3.05, 3.63) is 82.9 Å². The van der Waals surface area contributed by atoms with Crippen molar-refractivity contribution in [2.45, 2.75) is 43.9 Å². The first-order valence-corrected chi connectivity index (χ1v) is 14.0. The van der Waals surface area contributed by atoms with Gasteiger partial charge in [0.15, 0.2) is 0 Å². The van der Waals surface area contributed by atoms with E-state index in [2.05, 4.69) is 10.3 Å². The number of pyridine rings is 1. The number of nitrogens with one attached hydrogen (secondary N) is 1. The summed E-state index contributed by atoms with van der Waals surface area (Å²) in [5.74, 6) is 0.611. The molecule has 178 valence electrons. The molecule has 0 atom stereocenters. The van der Waals surface area contributed by atoms with E-state index in [1.807, 2.05) is 60.7 Å². The van der Waals surface area contributed by atoms with Crippen LogP contribution in [0.3, 0.4) is 0 Å². The van der Waals surface area contributed by atoms with Gasteiger partial charge in [-0.25, -0.2) is 13.4 Å². The van der Waals surface area contributed by atoms with Gasteiger partial charge in [-0.1, -0.05) is 73.3 Å².